The SMILES string of the molecule is O=C(NCc1ccc(F)cc1F)C1CN(C(=O)c2ccc3c(c2)OCO3)C1. The number of carbonyl (C=O) groups is 2. The highest BCUT2D eigenvalue weighted by molar-refractivity contribution is 5.96. The Hall–Kier alpha value is -3.16. The number of carbonyl (C=O) groups excluding carboxylic acids is 2. The summed E-state index contributed by atoms with van der Waals surface area (Å²) < 4.78 is 36.9. The second kappa shape index (κ2) is 6.86. The Kier molecular flexibility index (Phi) is 4.39. The number of benzene rings is 2. The van der Waals surface area contributed by atoms with Gasteiger partial charge in [-0.1, -0.05) is 6.07 Å². The van der Waals surface area contributed by atoms with Crippen molar-refractivity contribution in [3.8, 4) is 11.5 Å². The predicted molar refractivity (Wildman–Crippen MR) is 90.2 cm³/mol. The van der Waals surface area contributed by atoms with Crippen molar-refractivity contribution in [2.75, 3.05) is 19.9 Å². The Morgan fingerprint density at radius 3 is 2.63 bits per heavy atom. The van der Waals surface area contributed by atoms with Gasteiger partial charge in [-0.25, -0.2) is 8.78 Å². The van der Waals surface area contributed by atoms with Crippen LogP contribution < -0.4 is 14.8 Å². The normalized spacial score (nSPS) is 15.4. The molecule has 0 spiro atoms. The molecule has 0 radical (unpaired) electrons. The van der Waals surface area contributed by atoms with E-state index in [0.29, 0.717) is 17.1 Å². The van der Waals surface area contributed by atoms with Crippen LogP contribution in [0.25, 0.3) is 0 Å². The number of fused-ring (bicyclic) bond motifs is 1. The second-order valence-corrected chi connectivity index (χ2v) is 6.43. The number of likely N-dealkylation sites (tertiary alicyclic amines) is 1. The summed E-state index contributed by atoms with van der Waals surface area (Å²) in [7, 11) is 0. The van der Waals surface area contributed by atoms with Crippen molar-refractivity contribution in [1.29, 1.82) is 0 Å². The van der Waals surface area contributed by atoms with Crippen molar-refractivity contribution in [2.24, 2.45) is 5.92 Å². The lowest BCUT2D eigenvalue weighted by Crippen LogP contribution is -2.55. The Bertz CT molecular complexity index is 913. The summed E-state index contributed by atoms with van der Waals surface area (Å²) in [5.41, 5.74) is 0.670. The van der Waals surface area contributed by atoms with Gasteiger partial charge in [0.15, 0.2) is 11.5 Å². The van der Waals surface area contributed by atoms with Crippen LogP contribution in [0.4, 0.5) is 8.78 Å². The van der Waals surface area contributed by atoms with Crippen LogP contribution in [0, 0.1) is 17.6 Å². The van der Waals surface area contributed by atoms with Crippen LogP contribution in [-0.2, 0) is 11.3 Å². The van der Waals surface area contributed by atoms with E-state index in [-0.39, 0.29) is 49.7 Å². The second-order valence-electron chi connectivity index (χ2n) is 6.43. The first-order chi connectivity index (χ1) is 13.0. The molecule has 0 aromatic heterocycles. The highest BCUT2D eigenvalue weighted by Crippen LogP contribution is 2.33. The number of rotatable bonds is 4. The number of nitrogens with zero attached hydrogens (tertiary/aromatic N) is 1. The zero-order valence-electron chi connectivity index (χ0n) is 14.2. The zero-order chi connectivity index (χ0) is 19.0. The molecule has 2 aliphatic heterocycles. The van der Waals surface area contributed by atoms with Gasteiger partial charge in [-0.05, 0) is 24.3 Å². The van der Waals surface area contributed by atoms with Gasteiger partial charge in [-0.15, -0.1) is 0 Å². The summed E-state index contributed by atoms with van der Waals surface area (Å²) in [5, 5.41) is 2.62. The molecule has 0 unspecified atom stereocenters. The lowest BCUT2D eigenvalue weighted by atomic mass is 9.97. The molecule has 1 N–H and O–H groups in total. The van der Waals surface area contributed by atoms with Crippen molar-refractivity contribution in [3.05, 3.63) is 59.2 Å². The van der Waals surface area contributed by atoms with Crippen LogP contribution in [0.3, 0.4) is 0 Å². The van der Waals surface area contributed by atoms with Crippen molar-refractivity contribution in [1.82, 2.24) is 10.2 Å². The third-order valence-electron chi connectivity index (χ3n) is 4.63. The van der Waals surface area contributed by atoms with E-state index in [1.54, 1.807) is 23.1 Å². The van der Waals surface area contributed by atoms with Gasteiger partial charge in [0.2, 0.25) is 12.7 Å². The minimum absolute atomic E-state index is 0.0302. The third kappa shape index (κ3) is 3.42. The summed E-state index contributed by atoms with van der Waals surface area (Å²) in [6.07, 6.45) is 0. The summed E-state index contributed by atoms with van der Waals surface area (Å²) in [6, 6.07) is 8.16. The van der Waals surface area contributed by atoms with Gasteiger partial charge in [-0.2, -0.15) is 0 Å². The van der Waals surface area contributed by atoms with Gasteiger partial charge in [0.05, 0.1) is 5.92 Å². The van der Waals surface area contributed by atoms with Gasteiger partial charge in [-0.3, -0.25) is 9.59 Å². The molecule has 0 atom stereocenters. The van der Waals surface area contributed by atoms with E-state index < -0.39 is 11.6 Å². The number of halogens is 2. The molecule has 2 aromatic rings. The fourth-order valence-corrected chi connectivity index (χ4v) is 3.01. The van der Waals surface area contributed by atoms with Crippen LogP contribution >= 0.6 is 0 Å². The molecule has 2 heterocycles. The quantitative estimate of drug-likeness (QED) is 0.890. The molecule has 27 heavy (non-hydrogen) atoms. The maximum absolute atomic E-state index is 13.6. The van der Waals surface area contributed by atoms with Gasteiger partial charge >= 0.3 is 0 Å². The van der Waals surface area contributed by atoms with Crippen molar-refractivity contribution >= 4 is 11.8 Å². The van der Waals surface area contributed by atoms with E-state index in [9.17, 15) is 18.4 Å². The predicted octanol–water partition coefficient (Wildman–Crippen LogP) is 2.08. The van der Waals surface area contributed by atoms with Gasteiger partial charge < -0.3 is 19.7 Å². The van der Waals surface area contributed by atoms with Crippen LogP contribution in [-0.4, -0.2) is 36.6 Å². The summed E-state index contributed by atoms with van der Waals surface area (Å²) in [5.74, 6) is -1.07. The van der Waals surface area contributed by atoms with E-state index in [2.05, 4.69) is 5.32 Å². The molecule has 2 aliphatic rings. The number of nitrogens with one attached hydrogen (secondary N) is 1. The fraction of sp³-hybridized carbons (Fsp3) is 0.263. The number of ether oxygens (including phenoxy) is 2. The maximum atomic E-state index is 13.6. The Labute approximate surface area is 153 Å². The molecule has 2 aromatic carbocycles. The zero-order valence-corrected chi connectivity index (χ0v) is 14.2. The Balaban J connectivity index is 1.29. The maximum Gasteiger partial charge on any atom is 0.254 e. The highest BCUT2D eigenvalue weighted by Gasteiger charge is 2.36. The topological polar surface area (TPSA) is 67.9 Å². The number of hydrogen-bond donors (Lipinski definition) is 1. The average Bonchev–Trinajstić information content (AvgIpc) is 3.07. The molecule has 140 valence electrons. The van der Waals surface area contributed by atoms with E-state index in [0.717, 1.165) is 12.1 Å². The Morgan fingerprint density at radius 1 is 1.07 bits per heavy atom. The minimum Gasteiger partial charge on any atom is -0.454 e. The van der Waals surface area contributed by atoms with Gasteiger partial charge in [0.25, 0.3) is 5.91 Å². The molecule has 4 rings (SSSR count). The molecule has 0 saturated carbocycles. The summed E-state index contributed by atoms with van der Waals surface area (Å²) in [6.45, 7) is 0.668. The molecular formula is C19H16F2N2O4. The van der Waals surface area contributed by atoms with Gasteiger partial charge in [0, 0.05) is 36.8 Å². The molecule has 2 amide bonds. The molecule has 0 aliphatic carbocycles. The van der Waals surface area contributed by atoms with Crippen molar-refractivity contribution in [3.63, 3.8) is 0 Å². The lowest BCUT2D eigenvalue weighted by Gasteiger charge is -2.38. The first kappa shape index (κ1) is 17.3. The van der Waals surface area contributed by atoms with Crippen molar-refractivity contribution in [2.45, 2.75) is 6.54 Å². The largest absolute Gasteiger partial charge is 0.454 e. The van der Waals surface area contributed by atoms with Crippen LogP contribution in [0.5, 0.6) is 11.5 Å². The lowest BCUT2D eigenvalue weighted by molar-refractivity contribution is -0.129. The molecule has 6 nitrogen and oxygen atoms in total. The monoisotopic (exact) mass is 374 g/mol. The highest BCUT2D eigenvalue weighted by atomic mass is 19.1. The molecule has 8 heteroatoms. The first-order valence-electron chi connectivity index (χ1n) is 8.42. The summed E-state index contributed by atoms with van der Waals surface area (Å²) >= 11 is 0. The van der Waals surface area contributed by atoms with Gasteiger partial charge in [0.1, 0.15) is 11.6 Å². The molecule has 1 fully saturated rings. The van der Waals surface area contributed by atoms with Crippen LogP contribution in [0.2, 0.25) is 0 Å². The van der Waals surface area contributed by atoms with Crippen LogP contribution in [0.1, 0.15) is 15.9 Å². The van der Waals surface area contributed by atoms with Crippen LogP contribution in [0.15, 0.2) is 36.4 Å². The van der Waals surface area contributed by atoms with E-state index >= 15 is 0 Å². The molecule has 0 bridgehead atoms. The molecule has 1 saturated heterocycles. The standard InChI is InChI=1S/C19H16F2N2O4/c20-14-3-1-12(15(21)6-14)7-22-18(24)13-8-23(9-13)19(25)11-2-4-16-17(5-11)27-10-26-16/h1-6,13H,7-10H2,(H,22,24). The van der Waals surface area contributed by atoms with E-state index in [1.165, 1.54) is 6.07 Å². The van der Waals surface area contributed by atoms with Crippen molar-refractivity contribution < 1.29 is 27.8 Å². The number of amides is 2. The first-order valence-corrected chi connectivity index (χ1v) is 8.42. The summed E-state index contributed by atoms with van der Waals surface area (Å²) in [4.78, 5) is 26.2. The Morgan fingerprint density at radius 2 is 1.85 bits per heavy atom. The smallest absolute Gasteiger partial charge is 0.254 e. The average molecular weight is 374 g/mol. The minimum atomic E-state index is -0.705. The van der Waals surface area contributed by atoms with E-state index in [4.69, 9.17) is 9.47 Å². The fourth-order valence-electron chi connectivity index (χ4n) is 3.01. The van der Waals surface area contributed by atoms with E-state index in [1.807, 2.05) is 0 Å². The third-order valence-corrected chi connectivity index (χ3v) is 4.63. The number of hydrogen-bond acceptors (Lipinski definition) is 4. The molecular weight excluding hydrogens is 358 g/mol.